The molecule has 1 aliphatic heterocycles. The fourth-order valence-corrected chi connectivity index (χ4v) is 2.53. The van der Waals surface area contributed by atoms with Crippen LogP contribution in [0.2, 0.25) is 0 Å². The molecule has 3 N–H and O–H groups in total. The third-order valence-electron chi connectivity index (χ3n) is 4.22. The monoisotopic (exact) mass is 264 g/mol. The van der Waals surface area contributed by atoms with Crippen LogP contribution in [-0.4, -0.2) is 42.6 Å². The lowest BCUT2D eigenvalue weighted by Gasteiger charge is -2.30. The van der Waals surface area contributed by atoms with E-state index < -0.39 is 5.54 Å². The number of benzene rings is 1. The van der Waals surface area contributed by atoms with Gasteiger partial charge in [0.15, 0.2) is 0 Å². The standard InChI is InChI=1S/C15H24N2O2/c1-3-15(10-18,11-19)16-9-12-4-5-14-13(8-12)6-7-17(14)2/h4-5,8,16,18-19H,3,6-7,9-11H2,1-2H3. The minimum absolute atomic E-state index is 0.0479. The van der Waals surface area contributed by atoms with E-state index in [1.54, 1.807) is 0 Å². The molecule has 4 heteroatoms. The van der Waals surface area contributed by atoms with Crippen LogP contribution in [0.1, 0.15) is 24.5 Å². The lowest BCUT2D eigenvalue weighted by molar-refractivity contribution is 0.0864. The zero-order valence-corrected chi connectivity index (χ0v) is 11.8. The van der Waals surface area contributed by atoms with Gasteiger partial charge in [-0.25, -0.2) is 0 Å². The van der Waals surface area contributed by atoms with Gasteiger partial charge in [0.2, 0.25) is 0 Å². The molecule has 0 saturated heterocycles. The second-order valence-electron chi connectivity index (χ2n) is 5.44. The second-order valence-corrected chi connectivity index (χ2v) is 5.44. The normalized spacial score (nSPS) is 14.8. The zero-order chi connectivity index (χ0) is 13.9. The summed E-state index contributed by atoms with van der Waals surface area (Å²) in [5.41, 5.74) is 3.33. The van der Waals surface area contributed by atoms with Crippen molar-refractivity contribution in [2.75, 3.05) is 31.7 Å². The van der Waals surface area contributed by atoms with Crippen molar-refractivity contribution in [2.24, 2.45) is 0 Å². The average molecular weight is 264 g/mol. The van der Waals surface area contributed by atoms with Crippen LogP contribution >= 0.6 is 0 Å². The molecule has 19 heavy (non-hydrogen) atoms. The maximum absolute atomic E-state index is 9.41. The highest BCUT2D eigenvalue weighted by Crippen LogP contribution is 2.27. The highest BCUT2D eigenvalue weighted by atomic mass is 16.3. The van der Waals surface area contributed by atoms with Crippen molar-refractivity contribution >= 4 is 5.69 Å². The van der Waals surface area contributed by atoms with Crippen molar-refractivity contribution < 1.29 is 10.2 Å². The summed E-state index contributed by atoms with van der Waals surface area (Å²) in [6.45, 7) is 3.63. The zero-order valence-electron chi connectivity index (χ0n) is 11.8. The van der Waals surface area contributed by atoms with Crippen LogP contribution in [-0.2, 0) is 13.0 Å². The van der Waals surface area contributed by atoms with E-state index in [4.69, 9.17) is 0 Å². The summed E-state index contributed by atoms with van der Waals surface area (Å²) in [6.07, 6.45) is 1.80. The Morgan fingerprint density at radius 3 is 2.68 bits per heavy atom. The van der Waals surface area contributed by atoms with Gasteiger partial charge in [-0.3, -0.25) is 0 Å². The highest BCUT2D eigenvalue weighted by Gasteiger charge is 2.25. The fourth-order valence-electron chi connectivity index (χ4n) is 2.53. The maximum Gasteiger partial charge on any atom is 0.0648 e. The van der Waals surface area contributed by atoms with Crippen molar-refractivity contribution in [1.29, 1.82) is 0 Å². The van der Waals surface area contributed by atoms with Gasteiger partial charge in [0, 0.05) is 25.8 Å². The van der Waals surface area contributed by atoms with Gasteiger partial charge in [0.25, 0.3) is 0 Å². The number of nitrogens with one attached hydrogen (secondary N) is 1. The Morgan fingerprint density at radius 1 is 1.32 bits per heavy atom. The summed E-state index contributed by atoms with van der Waals surface area (Å²) < 4.78 is 0. The number of likely N-dealkylation sites (N-methyl/N-ethyl adjacent to an activating group) is 1. The van der Waals surface area contributed by atoms with Crippen LogP contribution in [0, 0.1) is 0 Å². The van der Waals surface area contributed by atoms with E-state index in [1.165, 1.54) is 16.8 Å². The molecule has 0 saturated carbocycles. The molecule has 0 unspecified atom stereocenters. The van der Waals surface area contributed by atoms with Gasteiger partial charge in [-0.2, -0.15) is 0 Å². The first-order valence-electron chi connectivity index (χ1n) is 6.94. The molecule has 106 valence electrons. The van der Waals surface area contributed by atoms with Crippen LogP contribution in [0.25, 0.3) is 0 Å². The molecule has 2 rings (SSSR count). The highest BCUT2D eigenvalue weighted by molar-refractivity contribution is 5.58. The second kappa shape index (κ2) is 5.90. The minimum Gasteiger partial charge on any atom is -0.394 e. The van der Waals surface area contributed by atoms with Gasteiger partial charge >= 0.3 is 0 Å². The molecule has 0 aliphatic carbocycles. The number of rotatable bonds is 6. The van der Waals surface area contributed by atoms with Crippen LogP contribution in [0.3, 0.4) is 0 Å². The lowest BCUT2D eigenvalue weighted by Crippen LogP contribution is -2.50. The molecule has 0 fully saturated rings. The Labute approximate surface area is 115 Å². The first-order chi connectivity index (χ1) is 9.14. The summed E-state index contributed by atoms with van der Waals surface area (Å²) in [6, 6.07) is 6.49. The molecule has 0 atom stereocenters. The number of hydrogen-bond acceptors (Lipinski definition) is 4. The van der Waals surface area contributed by atoms with Crippen LogP contribution < -0.4 is 10.2 Å². The predicted octanol–water partition coefficient (Wildman–Crippen LogP) is 0.902. The summed E-state index contributed by atoms with van der Waals surface area (Å²) >= 11 is 0. The van der Waals surface area contributed by atoms with Crippen LogP contribution in [0.4, 0.5) is 5.69 Å². The van der Waals surface area contributed by atoms with Crippen molar-refractivity contribution in [3.63, 3.8) is 0 Å². The third kappa shape index (κ3) is 2.91. The Kier molecular flexibility index (Phi) is 4.45. The number of anilines is 1. The molecular formula is C15H24N2O2. The Balaban J connectivity index is 2.04. The molecule has 0 radical (unpaired) electrons. The summed E-state index contributed by atoms with van der Waals surface area (Å²) in [5.74, 6) is 0. The predicted molar refractivity (Wildman–Crippen MR) is 77.4 cm³/mol. The van der Waals surface area contributed by atoms with Gasteiger partial charge in [-0.1, -0.05) is 19.1 Å². The number of aliphatic hydroxyl groups excluding tert-OH is 2. The molecule has 1 aromatic carbocycles. The van der Waals surface area contributed by atoms with E-state index in [9.17, 15) is 10.2 Å². The summed E-state index contributed by atoms with van der Waals surface area (Å²) in [7, 11) is 2.11. The maximum atomic E-state index is 9.41. The van der Waals surface area contributed by atoms with Gasteiger partial charge in [-0.15, -0.1) is 0 Å². The third-order valence-corrected chi connectivity index (χ3v) is 4.22. The molecule has 0 spiro atoms. The molecule has 0 bridgehead atoms. The summed E-state index contributed by atoms with van der Waals surface area (Å²) in [4.78, 5) is 2.27. The Hall–Kier alpha value is -1.10. The lowest BCUT2D eigenvalue weighted by atomic mass is 9.97. The fraction of sp³-hybridized carbons (Fsp3) is 0.600. The smallest absolute Gasteiger partial charge is 0.0648 e. The van der Waals surface area contributed by atoms with Crippen molar-refractivity contribution in [3.05, 3.63) is 29.3 Å². The number of nitrogens with zero attached hydrogens (tertiary/aromatic N) is 1. The van der Waals surface area contributed by atoms with E-state index in [0.717, 1.165) is 13.0 Å². The van der Waals surface area contributed by atoms with Gasteiger partial charge in [0.05, 0.1) is 18.8 Å². The van der Waals surface area contributed by atoms with Crippen molar-refractivity contribution in [3.8, 4) is 0 Å². The van der Waals surface area contributed by atoms with Crippen LogP contribution in [0.15, 0.2) is 18.2 Å². The average Bonchev–Trinajstić information content (AvgIpc) is 2.82. The molecule has 1 aromatic rings. The number of hydrogen-bond donors (Lipinski definition) is 3. The molecule has 4 nitrogen and oxygen atoms in total. The van der Waals surface area contributed by atoms with Gasteiger partial charge < -0.3 is 20.4 Å². The quantitative estimate of drug-likeness (QED) is 0.714. The molecule has 1 heterocycles. The van der Waals surface area contributed by atoms with E-state index in [2.05, 4.69) is 35.5 Å². The van der Waals surface area contributed by atoms with E-state index in [0.29, 0.717) is 13.0 Å². The van der Waals surface area contributed by atoms with E-state index in [-0.39, 0.29) is 13.2 Å². The topological polar surface area (TPSA) is 55.7 Å². The first kappa shape index (κ1) is 14.3. The number of fused-ring (bicyclic) bond motifs is 1. The molecule has 0 aromatic heterocycles. The number of aliphatic hydroxyl groups is 2. The summed E-state index contributed by atoms with van der Waals surface area (Å²) in [5, 5.41) is 22.1. The van der Waals surface area contributed by atoms with E-state index in [1.807, 2.05) is 6.92 Å². The Bertz CT molecular complexity index is 422. The first-order valence-corrected chi connectivity index (χ1v) is 6.94. The van der Waals surface area contributed by atoms with Gasteiger partial charge in [-0.05, 0) is 30.0 Å². The molecular weight excluding hydrogens is 240 g/mol. The van der Waals surface area contributed by atoms with Crippen molar-refractivity contribution in [2.45, 2.75) is 31.8 Å². The molecule has 0 amide bonds. The largest absolute Gasteiger partial charge is 0.394 e. The Morgan fingerprint density at radius 2 is 2.05 bits per heavy atom. The molecule has 1 aliphatic rings. The van der Waals surface area contributed by atoms with Gasteiger partial charge in [0.1, 0.15) is 0 Å². The van der Waals surface area contributed by atoms with Crippen molar-refractivity contribution in [1.82, 2.24) is 5.32 Å². The minimum atomic E-state index is -0.574. The van der Waals surface area contributed by atoms with E-state index >= 15 is 0 Å². The SMILES string of the molecule is CCC(CO)(CO)NCc1ccc2c(c1)CCN2C. The van der Waals surface area contributed by atoms with Crippen LogP contribution in [0.5, 0.6) is 0 Å².